The van der Waals surface area contributed by atoms with Crippen LogP contribution in [0.25, 0.3) is 99.8 Å². The topological polar surface area (TPSA) is 22.8 Å². The lowest BCUT2D eigenvalue weighted by Gasteiger charge is -2.12. The van der Waals surface area contributed by atoms with E-state index in [4.69, 9.17) is 4.98 Å². The van der Waals surface area contributed by atoms with Gasteiger partial charge >= 0.3 is 0 Å². The molecule has 0 aliphatic carbocycles. The summed E-state index contributed by atoms with van der Waals surface area (Å²) in [6, 6.07) is 74.5. The summed E-state index contributed by atoms with van der Waals surface area (Å²) in [7, 11) is 0. The van der Waals surface area contributed by atoms with E-state index in [1.54, 1.807) is 0 Å². The fourth-order valence-corrected chi connectivity index (χ4v) is 8.56. The Kier molecular flexibility index (Phi) is 7.71. The molecule has 0 fully saturated rings. The molecule has 0 unspecified atom stereocenters. The second kappa shape index (κ2) is 13.4. The molecule has 0 saturated heterocycles. The molecule has 0 radical (unpaired) electrons. The van der Waals surface area contributed by atoms with Crippen LogP contribution in [0.1, 0.15) is 5.56 Å². The summed E-state index contributed by atoms with van der Waals surface area (Å²) in [6.07, 6.45) is 0. The van der Waals surface area contributed by atoms with Gasteiger partial charge in [0.15, 0.2) is 0 Å². The average Bonchev–Trinajstić information content (AvgIpc) is 3.79. The summed E-state index contributed by atoms with van der Waals surface area (Å²) >= 11 is 0. The van der Waals surface area contributed by atoms with Crippen LogP contribution < -0.4 is 0 Å². The van der Waals surface area contributed by atoms with Gasteiger partial charge in [-0.25, -0.2) is 4.98 Å². The zero-order valence-electron chi connectivity index (χ0n) is 31.5. The molecular weight excluding hydrogens is 691 g/mol. The molecule has 0 bridgehead atoms. The summed E-state index contributed by atoms with van der Waals surface area (Å²) in [5.41, 5.74) is 17.1. The predicted octanol–water partition coefficient (Wildman–Crippen LogP) is 14.3. The van der Waals surface area contributed by atoms with Gasteiger partial charge in [-0.15, -0.1) is 0 Å². The van der Waals surface area contributed by atoms with Crippen LogP contribution in [0.15, 0.2) is 206 Å². The zero-order valence-corrected chi connectivity index (χ0v) is 31.5. The van der Waals surface area contributed by atoms with Crippen molar-refractivity contribution in [1.82, 2.24) is 14.1 Å². The first-order chi connectivity index (χ1) is 28.2. The monoisotopic (exact) mass is 727 g/mol. The van der Waals surface area contributed by atoms with Crippen LogP contribution in [-0.4, -0.2) is 14.1 Å². The summed E-state index contributed by atoms with van der Waals surface area (Å²) in [4.78, 5) is 5.19. The van der Waals surface area contributed by atoms with Gasteiger partial charge in [0.2, 0.25) is 0 Å². The molecule has 8 aromatic carbocycles. The highest BCUT2D eigenvalue weighted by Crippen LogP contribution is 2.39. The SMILES string of the molecule is Cc1ccc(-n2c3ccccc3c3ccc(-c4ccc5c6ccccc6n(-c6ccc(-c7cc(-c8ccccc8)cc(-c8ccccc8)n7)cc6)c5c4)cc32)cc1. The Bertz CT molecular complexity index is 3200. The largest absolute Gasteiger partial charge is 0.309 e. The molecule has 57 heavy (non-hydrogen) atoms. The summed E-state index contributed by atoms with van der Waals surface area (Å²) < 4.78 is 4.81. The fourth-order valence-electron chi connectivity index (χ4n) is 8.56. The van der Waals surface area contributed by atoms with Crippen molar-refractivity contribution in [3.05, 3.63) is 212 Å². The zero-order chi connectivity index (χ0) is 37.9. The standard InChI is InChI=1S/C54H37N3/c1-36-20-26-43(27-21-36)56-51-18-10-8-16-45(51)47-30-24-40(34-53(47)56)41-25-31-48-46-17-9-11-19-52(46)57(54(48)35-41)44-28-22-39(23-29-44)50-33-42(37-12-4-2-5-13-37)32-49(55-50)38-14-6-3-7-15-38/h2-35H,1H3. The van der Waals surface area contributed by atoms with Gasteiger partial charge in [-0.05, 0) is 89.8 Å². The average molecular weight is 728 g/mol. The molecule has 3 aromatic heterocycles. The van der Waals surface area contributed by atoms with Crippen molar-refractivity contribution in [2.45, 2.75) is 6.92 Å². The third-order valence-electron chi connectivity index (χ3n) is 11.4. The van der Waals surface area contributed by atoms with Gasteiger partial charge in [-0.2, -0.15) is 0 Å². The Morgan fingerprint density at radius 3 is 1.23 bits per heavy atom. The van der Waals surface area contributed by atoms with Crippen LogP contribution >= 0.6 is 0 Å². The molecule has 3 heterocycles. The van der Waals surface area contributed by atoms with E-state index in [2.05, 4.69) is 216 Å². The Balaban J connectivity index is 1.04. The van der Waals surface area contributed by atoms with Crippen molar-refractivity contribution >= 4 is 43.6 Å². The van der Waals surface area contributed by atoms with E-state index in [1.165, 1.54) is 71.6 Å². The Hall–Kier alpha value is -7.49. The fraction of sp³-hybridized carbons (Fsp3) is 0.0185. The third-order valence-corrected chi connectivity index (χ3v) is 11.4. The minimum absolute atomic E-state index is 0.949. The lowest BCUT2D eigenvalue weighted by atomic mass is 10.00. The molecule has 0 N–H and O–H groups in total. The van der Waals surface area contributed by atoms with Crippen LogP contribution in [0.2, 0.25) is 0 Å². The van der Waals surface area contributed by atoms with E-state index in [9.17, 15) is 0 Å². The van der Waals surface area contributed by atoms with Crippen molar-refractivity contribution in [3.8, 4) is 56.1 Å². The maximum Gasteiger partial charge on any atom is 0.0715 e. The van der Waals surface area contributed by atoms with Gasteiger partial charge in [0.1, 0.15) is 0 Å². The van der Waals surface area contributed by atoms with Gasteiger partial charge in [-0.1, -0.05) is 151 Å². The molecule has 3 heteroatoms. The molecule has 0 aliphatic heterocycles. The van der Waals surface area contributed by atoms with Crippen molar-refractivity contribution in [3.63, 3.8) is 0 Å². The number of para-hydroxylation sites is 2. The van der Waals surface area contributed by atoms with E-state index in [0.717, 1.165) is 33.8 Å². The number of rotatable bonds is 6. The van der Waals surface area contributed by atoms with Crippen LogP contribution in [0.5, 0.6) is 0 Å². The number of hydrogen-bond donors (Lipinski definition) is 0. The first-order valence-corrected chi connectivity index (χ1v) is 19.5. The third kappa shape index (κ3) is 5.63. The van der Waals surface area contributed by atoms with E-state index in [-0.39, 0.29) is 0 Å². The number of benzene rings is 8. The molecule has 0 aliphatic rings. The Labute approximate surface area is 331 Å². The van der Waals surface area contributed by atoms with Crippen LogP contribution in [-0.2, 0) is 0 Å². The van der Waals surface area contributed by atoms with Gasteiger partial charge in [0.25, 0.3) is 0 Å². The van der Waals surface area contributed by atoms with E-state index in [1.807, 2.05) is 6.07 Å². The highest BCUT2D eigenvalue weighted by molar-refractivity contribution is 6.12. The second-order valence-electron chi connectivity index (χ2n) is 14.9. The lowest BCUT2D eigenvalue weighted by molar-refractivity contribution is 1.17. The number of aryl methyl sites for hydroxylation is 1. The number of aromatic nitrogens is 3. The van der Waals surface area contributed by atoms with Crippen molar-refractivity contribution in [2.75, 3.05) is 0 Å². The molecule has 0 amide bonds. The molecule has 11 aromatic rings. The van der Waals surface area contributed by atoms with Crippen LogP contribution in [0.3, 0.4) is 0 Å². The second-order valence-corrected chi connectivity index (χ2v) is 14.9. The smallest absolute Gasteiger partial charge is 0.0715 e. The summed E-state index contributed by atoms with van der Waals surface area (Å²) in [6.45, 7) is 2.14. The van der Waals surface area contributed by atoms with E-state index >= 15 is 0 Å². The van der Waals surface area contributed by atoms with Gasteiger partial charge in [0.05, 0.1) is 33.5 Å². The first-order valence-electron chi connectivity index (χ1n) is 19.5. The normalized spacial score (nSPS) is 11.6. The quantitative estimate of drug-likeness (QED) is 0.167. The molecule has 268 valence electrons. The summed E-state index contributed by atoms with van der Waals surface area (Å²) in [5.74, 6) is 0. The molecule has 0 saturated carbocycles. The predicted molar refractivity (Wildman–Crippen MR) is 239 cm³/mol. The van der Waals surface area contributed by atoms with E-state index < -0.39 is 0 Å². The highest BCUT2D eigenvalue weighted by atomic mass is 15.0. The molecular formula is C54H37N3. The Morgan fingerprint density at radius 1 is 0.298 bits per heavy atom. The maximum absolute atomic E-state index is 5.19. The van der Waals surface area contributed by atoms with Crippen molar-refractivity contribution in [2.24, 2.45) is 0 Å². The van der Waals surface area contributed by atoms with Crippen LogP contribution in [0.4, 0.5) is 0 Å². The summed E-state index contributed by atoms with van der Waals surface area (Å²) in [5, 5.41) is 4.99. The van der Waals surface area contributed by atoms with E-state index in [0.29, 0.717) is 0 Å². The maximum atomic E-state index is 5.19. The molecule has 0 atom stereocenters. The van der Waals surface area contributed by atoms with Crippen molar-refractivity contribution < 1.29 is 0 Å². The number of nitrogens with zero attached hydrogens (tertiary/aromatic N) is 3. The van der Waals surface area contributed by atoms with Gasteiger partial charge < -0.3 is 9.13 Å². The van der Waals surface area contributed by atoms with Crippen molar-refractivity contribution in [1.29, 1.82) is 0 Å². The Morgan fingerprint density at radius 2 is 0.702 bits per heavy atom. The number of fused-ring (bicyclic) bond motifs is 6. The molecule has 11 rings (SSSR count). The van der Waals surface area contributed by atoms with Gasteiger partial charge in [0, 0.05) is 44.0 Å². The molecule has 0 spiro atoms. The first kappa shape index (κ1) is 32.9. The number of hydrogen-bond acceptors (Lipinski definition) is 1. The van der Waals surface area contributed by atoms with Crippen LogP contribution in [0, 0.1) is 6.92 Å². The minimum Gasteiger partial charge on any atom is -0.309 e. The minimum atomic E-state index is 0.949. The molecule has 3 nitrogen and oxygen atoms in total. The number of pyridine rings is 1. The van der Waals surface area contributed by atoms with Gasteiger partial charge in [-0.3, -0.25) is 0 Å². The highest BCUT2D eigenvalue weighted by Gasteiger charge is 2.17. The lowest BCUT2D eigenvalue weighted by Crippen LogP contribution is -1.95.